The molecule has 2 aromatic rings. The van der Waals surface area contributed by atoms with Gasteiger partial charge in [0.15, 0.2) is 6.21 Å². The number of hydrogen-bond donors (Lipinski definition) is 0. The van der Waals surface area contributed by atoms with E-state index in [0.29, 0.717) is 15.7 Å². The predicted molar refractivity (Wildman–Crippen MR) is 71.4 cm³/mol. The molecule has 0 heterocycles. The van der Waals surface area contributed by atoms with Gasteiger partial charge in [-0.15, -0.1) is 0 Å². The number of hydrogen-bond acceptors (Lipinski definition) is 1. The lowest BCUT2D eigenvalue weighted by atomic mass is 10.2. The molecule has 0 N–H and O–H groups in total. The Morgan fingerprint density at radius 3 is 2.29 bits per heavy atom. The van der Waals surface area contributed by atoms with Gasteiger partial charge in [-0.1, -0.05) is 29.3 Å². The second-order valence-corrected chi connectivity index (χ2v) is 4.36. The topological polar surface area (TPSA) is 26.1 Å². The maximum Gasteiger partial charge on any atom is 0.216 e. The van der Waals surface area contributed by atoms with Gasteiger partial charge in [-0.2, -0.15) is 4.74 Å². The second kappa shape index (κ2) is 5.21. The van der Waals surface area contributed by atoms with Gasteiger partial charge in [0, 0.05) is 27.7 Å². The van der Waals surface area contributed by atoms with Crippen LogP contribution in [0.4, 0.5) is 5.69 Å². The summed E-state index contributed by atoms with van der Waals surface area (Å²) in [6.45, 7) is 0. The third-order valence-corrected chi connectivity index (χ3v) is 2.68. The van der Waals surface area contributed by atoms with Gasteiger partial charge in [0.05, 0.1) is 0 Å². The van der Waals surface area contributed by atoms with Crippen LogP contribution < -0.4 is 0 Å². The van der Waals surface area contributed by atoms with Gasteiger partial charge in [-0.05, 0) is 30.3 Å². The lowest BCUT2D eigenvalue weighted by molar-refractivity contribution is -0.354. The zero-order chi connectivity index (χ0) is 12.3. The summed E-state index contributed by atoms with van der Waals surface area (Å²) in [5, 5.41) is 13.0. The Hall–Kier alpha value is -1.51. The maximum absolute atomic E-state index is 11.8. The highest BCUT2D eigenvalue weighted by molar-refractivity contribution is 6.31. The molecule has 0 unspecified atom stereocenters. The first-order chi connectivity index (χ1) is 8.15. The molecule has 4 heteroatoms. The molecular formula is C13H9Cl2NO. The first-order valence-electron chi connectivity index (χ1n) is 4.97. The minimum absolute atomic E-state index is 0.523. The highest BCUT2D eigenvalue weighted by Crippen LogP contribution is 2.16. The fourth-order valence-electron chi connectivity index (χ4n) is 1.38. The summed E-state index contributed by atoms with van der Waals surface area (Å²) in [5.41, 5.74) is 1.27. The number of halogens is 2. The van der Waals surface area contributed by atoms with Gasteiger partial charge < -0.3 is 5.21 Å². The van der Waals surface area contributed by atoms with Crippen LogP contribution in [-0.4, -0.2) is 11.0 Å². The number of benzene rings is 2. The van der Waals surface area contributed by atoms with Crippen molar-refractivity contribution in [3.8, 4) is 0 Å². The van der Waals surface area contributed by atoms with Crippen molar-refractivity contribution in [3.63, 3.8) is 0 Å². The van der Waals surface area contributed by atoms with Gasteiger partial charge >= 0.3 is 0 Å². The fourth-order valence-corrected chi connectivity index (χ4v) is 1.71. The van der Waals surface area contributed by atoms with Crippen LogP contribution in [-0.2, 0) is 0 Å². The highest BCUT2D eigenvalue weighted by atomic mass is 35.5. The van der Waals surface area contributed by atoms with E-state index in [0.717, 1.165) is 10.3 Å². The van der Waals surface area contributed by atoms with Crippen LogP contribution >= 0.6 is 23.2 Å². The summed E-state index contributed by atoms with van der Waals surface area (Å²) < 4.78 is 0.780. The van der Waals surface area contributed by atoms with Gasteiger partial charge in [-0.25, -0.2) is 0 Å². The molecule has 0 saturated carbocycles. The average Bonchev–Trinajstić information content (AvgIpc) is 2.29. The second-order valence-electron chi connectivity index (χ2n) is 3.49. The summed E-state index contributed by atoms with van der Waals surface area (Å²) in [6.07, 6.45) is 1.47. The quantitative estimate of drug-likeness (QED) is 0.345. The van der Waals surface area contributed by atoms with E-state index in [-0.39, 0.29) is 0 Å². The third-order valence-electron chi connectivity index (χ3n) is 2.20. The zero-order valence-electron chi connectivity index (χ0n) is 8.81. The van der Waals surface area contributed by atoms with Crippen LogP contribution in [0.25, 0.3) is 0 Å². The Morgan fingerprint density at radius 1 is 0.941 bits per heavy atom. The van der Waals surface area contributed by atoms with Crippen molar-refractivity contribution in [2.75, 3.05) is 0 Å². The normalized spacial score (nSPS) is 11.5. The molecule has 0 aliphatic rings. The molecular weight excluding hydrogens is 257 g/mol. The minimum Gasteiger partial charge on any atom is -0.618 e. The van der Waals surface area contributed by atoms with E-state index in [1.54, 1.807) is 42.5 Å². The van der Waals surface area contributed by atoms with Crippen molar-refractivity contribution < 1.29 is 4.74 Å². The SMILES string of the molecule is [O-][N+](=Cc1cccc(Cl)c1)c1ccc(Cl)cc1. The van der Waals surface area contributed by atoms with Crippen LogP contribution in [0, 0.1) is 5.21 Å². The van der Waals surface area contributed by atoms with Gasteiger partial charge in [-0.3, -0.25) is 0 Å². The summed E-state index contributed by atoms with van der Waals surface area (Å²) in [6, 6.07) is 13.8. The van der Waals surface area contributed by atoms with E-state index in [4.69, 9.17) is 23.2 Å². The summed E-state index contributed by atoms with van der Waals surface area (Å²) in [4.78, 5) is 0. The van der Waals surface area contributed by atoms with Crippen LogP contribution in [0.3, 0.4) is 0 Å². The largest absolute Gasteiger partial charge is 0.618 e. The molecule has 17 heavy (non-hydrogen) atoms. The Bertz CT molecular complexity index is 550. The third kappa shape index (κ3) is 3.22. The van der Waals surface area contributed by atoms with Crippen molar-refractivity contribution in [1.29, 1.82) is 0 Å². The molecule has 0 spiro atoms. The van der Waals surface area contributed by atoms with Crippen LogP contribution in [0.1, 0.15) is 5.56 Å². The van der Waals surface area contributed by atoms with Crippen molar-refractivity contribution in [3.05, 3.63) is 69.3 Å². The molecule has 2 aromatic carbocycles. The summed E-state index contributed by atoms with van der Waals surface area (Å²) in [5.74, 6) is 0. The Morgan fingerprint density at radius 2 is 1.65 bits per heavy atom. The van der Waals surface area contributed by atoms with Crippen molar-refractivity contribution in [1.82, 2.24) is 0 Å². The molecule has 0 bridgehead atoms. The van der Waals surface area contributed by atoms with E-state index in [1.165, 1.54) is 6.21 Å². The molecule has 2 nitrogen and oxygen atoms in total. The first kappa shape index (κ1) is 12.0. The molecule has 0 radical (unpaired) electrons. The number of nitrogens with zero attached hydrogens (tertiary/aromatic N) is 1. The molecule has 0 fully saturated rings. The van der Waals surface area contributed by atoms with Crippen molar-refractivity contribution >= 4 is 35.1 Å². The molecule has 0 atom stereocenters. The molecule has 0 aliphatic heterocycles. The van der Waals surface area contributed by atoms with Crippen LogP contribution in [0.5, 0.6) is 0 Å². The molecule has 0 aromatic heterocycles. The Balaban J connectivity index is 2.30. The van der Waals surface area contributed by atoms with Crippen LogP contribution in [0.15, 0.2) is 48.5 Å². The average molecular weight is 266 g/mol. The first-order valence-corrected chi connectivity index (χ1v) is 5.73. The van der Waals surface area contributed by atoms with Crippen LogP contribution in [0.2, 0.25) is 10.0 Å². The minimum atomic E-state index is 0.523. The van der Waals surface area contributed by atoms with Crippen molar-refractivity contribution in [2.45, 2.75) is 0 Å². The van der Waals surface area contributed by atoms with E-state index in [2.05, 4.69) is 0 Å². The number of rotatable bonds is 2. The van der Waals surface area contributed by atoms with Crippen molar-refractivity contribution in [2.24, 2.45) is 0 Å². The molecule has 0 saturated heterocycles. The predicted octanol–water partition coefficient (Wildman–Crippen LogP) is 4.25. The van der Waals surface area contributed by atoms with E-state index in [1.807, 2.05) is 6.07 Å². The lowest BCUT2D eigenvalue weighted by Crippen LogP contribution is -1.98. The van der Waals surface area contributed by atoms with E-state index in [9.17, 15) is 5.21 Å². The molecule has 0 aliphatic carbocycles. The molecule has 2 rings (SSSR count). The zero-order valence-corrected chi connectivity index (χ0v) is 10.3. The Labute approximate surface area is 109 Å². The van der Waals surface area contributed by atoms with Gasteiger partial charge in [0.1, 0.15) is 0 Å². The maximum atomic E-state index is 11.8. The summed E-state index contributed by atoms with van der Waals surface area (Å²) >= 11 is 11.6. The smallest absolute Gasteiger partial charge is 0.216 e. The standard InChI is InChI=1S/C13H9Cl2NO/c14-11-4-6-13(7-5-11)16(17)9-10-2-1-3-12(15)8-10/h1-9H. The van der Waals surface area contributed by atoms with Gasteiger partial charge in [0.2, 0.25) is 5.69 Å². The Kier molecular flexibility index (Phi) is 3.67. The molecule has 86 valence electrons. The summed E-state index contributed by atoms with van der Waals surface area (Å²) in [7, 11) is 0. The fraction of sp³-hybridized carbons (Fsp3) is 0. The van der Waals surface area contributed by atoms with E-state index < -0.39 is 0 Å². The monoisotopic (exact) mass is 265 g/mol. The van der Waals surface area contributed by atoms with E-state index >= 15 is 0 Å². The highest BCUT2D eigenvalue weighted by Gasteiger charge is 2.01. The van der Waals surface area contributed by atoms with Gasteiger partial charge in [0.25, 0.3) is 0 Å². The molecule has 0 amide bonds. The lowest BCUT2D eigenvalue weighted by Gasteiger charge is -2.02.